The molecule has 1 unspecified atom stereocenters. The van der Waals surface area contributed by atoms with Crippen molar-refractivity contribution in [2.75, 3.05) is 18.9 Å². The lowest BCUT2D eigenvalue weighted by atomic mass is 10.1. The van der Waals surface area contributed by atoms with Crippen molar-refractivity contribution in [1.82, 2.24) is 15.2 Å². The van der Waals surface area contributed by atoms with Crippen LogP contribution in [0.4, 0.5) is 10.5 Å². The SMILES string of the molecule is CN1C(=O)NCC(C(=O)Nc2ccncc2)C1=O. The number of amides is 4. The van der Waals surface area contributed by atoms with Gasteiger partial charge in [0.15, 0.2) is 0 Å². The maximum Gasteiger partial charge on any atom is 0.323 e. The summed E-state index contributed by atoms with van der Waals surface area (Å²) in [4.78, 5) is 39.6. The minimum absolute atomic E-state index is 0.0128. The molecule has 0 saturated carbocycles. The van der Waals surface area contributed by atoms with Crippen molar-refractivity contribution in [3.8, 4) is 0 Å². The molecule has 0 spiro atoms. The quantitative estimate of drug-likeness (QED) is 0.710. The van der Waals surface area contributed by atoms with E-state index in [1.165, 1.54) is 19.4 Å². The van der Waals surface area contributed by atoms with Gasteiger partial charge in [-0.3, -0.25) is 19.5 Å². The Hall–Kier alpha value is -2.44. The maximum absolute atomic E-state index is 11.9. The lowest BCUT2D eigenvalue weighted by Gasteiger charge is -2.27. The maximum atomic E-state index is 11.9. The molecule has 1 saturated heterocycles. The third kappa shape index (κ3) is 2.29. The van der Waals surface area contributed by atoms with Gasteiger partial charge in [0, 0.05) is 31.7 Å². The highest BCUT2D eigenvalue weighted by Gasteiger charge is 2.36. The van der Waals surface area contributed by atoms with Crippen LogP contribution in [0.5, 0.6) is 0 Å². The summed E-state index contributed by atoms with van der Waals surface area (Å²) < 4.78 is 0. The third-order valence-electron chi connectivity index (χ3n) is 2.66. The molecule has 0 aliphatic carbocycles. The van der Waals surface area contributed by atoms with Crippen LogP contribution in [0.2, 0.25) is 0 Å². The standard InChI is InChI=1S/C11H12N4O3/c1-15-10(17)8(6-13-11(15)18)9(16)14-7-2-4-12-5-3-7/h2-5,8H,6H2,1H3,(H,13,18)(H,12,14,16). The molecule has 1 aliphatic heterocycles. The zero-order chi connectivity index (χ0) is 13.1. The van der Waals surface area contributed by atoms with E-state index < -0.39 is 23.8 Å². The molecule has 0 bridgehead atoms. The first-order chi connectivity index (χ1) is 8.59. The van der Waals surface area contributed by atoms with Crippen molar-refractivity contribution >= 4 is 23.5 Å². The smallest absolute Gasteiger partial charge is 0.323 e. The monoisotopic (exact) mass is 248 g/mol. The van der Waals surface area contributed by atoms with Crippen molar-refractivity contribution in [3.63, 3.8) is 0 Å². The molecule has 18 heavy (non-hydrogen) atoms. The fourth-order valence-electron chi connectivity index (χ4n) is 1.60. The van der Waals surface area contributed by atoms with Crippen LogP contribution < -0.4 is 10.6 Å². The zero-order valence-corrected chi connectivity index (χ0v) is 9.71. The Labute approximate surface area is 103 Å². The number of aromatic nitrogens is 1. The summed E-state index contributed by atoms with van der Waals surface area (Å²) >= 11 is 0. The van der Waals surface area contributed by atoms with E-state index in [-0.39, 0.29) is 6.54 Å². The lowest BCUT2D eigenvalue weighted by Crippen LogP contribution is -2.56. The van der Waals surface area contributed by atoms with Gasteiger partial charge in [-0.25, -0.2) is 4.79 Å². The molecule has 2 rings (SSSR count). The number of pyridine rings is 1. The van der Waals surface area contributed by atoms with Crippen LogP contribution >= 0.6 is 0 Å². The summed E-state index contributed by atoms with van der Waals surface area (Å²) in [6.07, 6.45) is 3.07. The molecule has 2 heterocycles. The normalized spacial score (nSPS) is 19.4. The number of carbonyl (C=O) groups excluding carboxylic acids is 3. The molecule has 1 aromatic rings. The predicted octanol–water partition coefficient (Wildman–Crippen LogP) is -0.182. The average molecular weight is 248 g/mol. The molecule has 94 valence electrons. The highest BCUT2D eigenvalue weighted by Crippen LogP contribution is 2.11. The number of rotatable bonds is 2. The molecule has 2 N–H and O–H groups in total. The minimum Gasteiger partial charge on any atom is -0.336 e. The second-order valence-corrected chi connectivity index (χ2v) is 3.86. The first-order valence-electron chi connectivity index (χ1n) is 5.36. The molecule has 1 atom stereocenters. The Kier molecular flexibility index (Phi) is 3.22. The molecular formula is C11H12N4O3. The second kappa shape index (κ2) is 4.82. The van der Waals surface area contributed by atoms with Gasteiger partial charge in [0.1, 0.15) is 5.92 Å². The van der Waals surface area contributed by atoms with Crippen molar-refractivity contribution in [3.05, 3.63) is 24.5 Å². The fraction of sp³-hybridized carbons (Fsp3) is 0.273. The molecule has 1 aliphatic rings. The van der Waals surface area contributed by atoms with Gasteiger partial charge in [-0.05, 0) is 12.1 Å². The average Bonchev–Trinajstić information content (AvgIpc) is 2.37. The molecule has 1 aromatic heterocycles. The number of hydrogen-bond donors (Lipinski definition) is 2. The number of nitrogens with one attached hydrogen (secondary N) is 2. The minimum atomic E-state index is -0.902. The summed E-state index contributed by atoms with van der Waals surface area (Å²) in [6, 6.07) is 2.74. The highest BCUT2D eigenvalue weighted by molar-refractivity contribution is 6.11. The van der Waals surface area contributed by atoms with E-state index in [1.54, 1.807) is 12.1 Å². The van der Waals surface area contributed by atoms with E-state index >= 15 is 0 Å². The van der Waals surface area contributed by atoms with Gasteiger partial charge in [-0.15, -0.1) is 0 Å². The Morgan fingerprint density at radius 2 is 2.11 bits per heavy atom. The molecule has 7 heteroatoms. The zero-order valence-electron chi connectivity index (χ0n) is 9.71. The van der Waals surface area contributed by atoms with Crippen molar-refractivity contribution < 1.29 is 14.4 Å². The van der Waals surface area contributed by atoms with E-state index in [0.717, 1.165) is 4.90 Å². The largest absolute Gasteiger partial charge is 0.336 e. The van der Waals surface area contributed by atoms with Crippen molar-refractivity contribution in [2.24, 2.45) is 5.92 Å². The van der Waals surface area contributed by atoms with Gasteiger partial charge in [-0.1, -0.05) is 0 Å². The summed E-state index contributed by atoms with van der Waals surface area (Å²) in [5.74, 6) is -1.86. The van der Waals surface area contributed by atoms with Gasteiger partial charge in [-0.2, -0.15) is 0 Å². The first kappa shape index (κ1) is 12.0. The van der Waals surface area contributed by atoms with E-state index in [0.29, 0.717) is 5.69 Å². The van der Waals surface area contributed by atoms with E-state index in [4.69, 9.17) is 0 Å². The van der Waals surface area contributed by atoms with Crippen LogP contribution in [0.1, 0.15) is 0 Å². The van der Waals surface area contributed by atoms with Gasteiger partial charge in [0.05, 0.1) is 0 Å². The molecule has 0 aromatic carbocycles. The number of urea groups is 1. The third-order valence-corrected chi connectivity index (χ3v) is 2.66. The molecule has 4 amide bonds. The highest BCUT2D eigenvalue weighted by atomic mass is 16.2. The van der Waals surface area contributed by atoms with Crippen LogP contribution in [0.3, 0.4) is 0 Å². The van der Waals surface area contributed by atoms with E-state index in [9.17, 15) is 14.4 Å². The van der Waals surface area contributed by atoms with Crippen LogP contribution in [-0.4, -0.2) is 41.3 Å². The fourth-order valence-corrected chi connectivity index (χ4v) is 1.60. The van der Waals surface area contributed by atoms with Gasteiger partial charge in [0.2, 0.25) is 11.8 Å². The van der Waals surface area contributed by atoms with Crippen LogP contribution in [-0.2, 0) is 9.59 Å². The Morgan fingerprint density at radius 3 is 2.78 bits per heavy atom. The number of anilines is 1. The number of nitrogens with zero attached hydrogens (tertiary/aromatic N) is 2. The topological polar surface area (TPSA) is 91.4 Å². The van der Waals surface area contributed by atoms with Crippen LogP contribution in [0.25, 0.3) is 0 Å². The Balaban J connectivity index is 2.06. The van der Waals surface area contributed by atoms with Crippen molar-refractivity contribution in [1.29, 1.82) is 0 Å². The van der Waals surface area contributed by atoms with Gasteiger partial charge < -0.3 is 10.6 Å². The lowest BCUT2D eigenvalue weighted by molar-refractivity contribution is -0.138. The second-order valence-electron chi connectivity index (χ2n) is 3.86. The number of imide groups is 1. The van der Waals surface area contributed by atoms with E-state index in [1.807, 2.05) is 0 Å². The summed E-state index contributed by atoms with van der Waals surface area (Å²) in [5.41, 5.74) is 0.558. The predicted molar refractivity (Wildman–Crippen MR) is 62.5 cm³/mol. The van der Waals surface area contributed by atoms with Gasteiger partial charge >= 0.3 is 6.03 Å². The summed E-state index contributed by atoms with van der Waals surface area (Å²) in [6.45, 7) is 0.0128. The van der Waals surface area contributed by atoms with Gasteiger partial charge in [0.25, 0.3) is 0 Å². The molecule has 0 radical (unpaired) electrons. The number of hydrogen-bond acceptors (Lipinski definition) is 4. The summed E-state index contributed by atoms with van der Waals surface area (Å²) in [7, 11) is 1.34. The van der Waals surface area contributed by atoms with Crippen LogP contribution in [0, 0.1) is 5.92 Å². The van der Waals surface area contributed by atoms with E-state index in [2.05, 4.69) is 15.6 Å². The Bertz CT molecular complexity index is 488. The number of carbonyl (C=O) groups is 3. The molecule has 1 fully saturated rings. The molecule has 7 nitrogen and oxygen atoms in total. The summed E-state index contributed by atoms with van der Waals surface area (Å²) in [5, 5.41) is 5.07. The van der Waals surface area contributed by atoms with Crippen LogP contribution in [0.15, 0.2) is 24.5 Å². The first-order valence-corrected chi connectivity index (χ1v) is 5.36. The van der Waals surface area contributed by atoms with Crippen molar-refractivity contribution in [2.45, 2.75) is 0 Å². The molecular weight excluding hydrogens is 236 g/mol. The Morgan fingerprint density at radius 1 is 1.44 bits per heavy atom.